The van der Waals surface area contributed by atoms with Crippen molar-refractivity contribution >= 4 is 5.69 Å². The van der Waals surface area contributed by atoms with Crippen LogP contribution in [0.5, 0.6) is 5.75 Å². The van der Waals surface area contributed by atoms with Crippen molar-refractivity contribution in [3.05, 3.63) is 48.4 Å². The molecular weight excluding hydrogens is 238 g/mol. The zero-order valence-electron chi connectivity index (χ0n) is 11.7. The fourth-order valence-electron chi connectivity index (χ4n) is 1.81. The first-order chi connectivity index (χ1) is 9.16. The average molecular weight is 259 g/mol. The van der Waals surface area contributed by atoms with Crippen molar-refractivity contribution in [2.45, 2.75) is 26.8 Å². The third-order valence-electron chi connectivity index (χ3n) is 2.87. The van der Waals surface area contributed by atoms with Crippen molar-refractivity contribution in [1.82, 2.24) is 0 Å². The van der Waals surface area contributed by atoms with E-state index in [1.165, 1.54) is 0 Å². The summed E-state index contributed by atoms with van der Waals surface area (Å²) in [6.07, 6.45) is 3.45. The molecule has 0 amide bonds. The lowest BCUT2D eigenvalue weighted by atomic mass is 10.1. The highest BCUT2D eigenvalue weighted by Gasteiger charge is 2.10. The molecule has 0 aliphatic heterocycles. The van der Waals surface area contributed by atoms with Crippen molar-refractivity contribution in [3.63, 3.8) is 0 Å². The SMILES string of the molecule is CC(C)COc1ccccc1NC(C)c1ccoc1. The molecule has 0 radical (unpaired) electrons. The topological polar surface area (TPSA) is 34.4 Å². The predicted octanol–water partition coefficient (Wildman–Crippen LogP) is 4.49. The van der Waals surface area contributed by atoms with E-state index in [0.29, 0.717) is 5.92 Å². The average Bonchev–Trinajstić information content (AvgIpc) is 2.91. The lowest BCUT2D eigenvalue weighted by molar-refractivity contribution is 0.272. The number of hydrogen-bond donors (Lipinski definition) is 1. The summed E-state index contributed by atoms with van der Waals surface area (Å²) in [5, 5.41) is 3.45. The molecule has 3 heteroatoms. The van der Waals surface area contributed by atoms with E-state index in [9.17, 15) is 0 Å². The second-order valence-electron chi connectivity index (χ2n) is 5.12. The minimum Gasteiger partial charge on any atom is -0.491 e. The predicted molar refractivity (Wildman–Crippen MR) is 77.5 cm³/mol. The summed E-state index contributed by atoms with van der Waals surface area (Å²) in [6, 6.07) is 10.2. The van der Waals surface area contributed by atoms with E-state index in [2.05, 4.69) is 26.1 Å². The number of anilines is 1. The number of hydrogen-bond acceptors (Lipinski definition) is 3. The Morgan fingerprint density at radius 2 is 1.95 bits per heavy atom. The Hall–Kier alpha value is -1.90. The highest BCUT2D eigenvalue weighted by Crippen LogP contribution is 2.28. The molecule has 0 spiro atoms. The second-order valence-corrected chi connectivity index (χ2v) is 5.12. The van der Waals surface area contributed by atoms with Crippen LogP contribution in [0.25, 0.3) is 0 Å². The number of para-hydroxylation sites is 2. The van der Waals surface area contributed by atoms with Gasteiger partial charge in [-0.25, -0.2) is 0 Å². The monoisotopic (exact) mass is 259 g/mol. The second kappa shape index (κ2) is 6.32. The molecule has 1 N–H and O–H groups in total. The standard InChI is InChI=1S/C16H21NO2/c1-12(2)10-19-16-7-5-4-6-15(16)17-13(3)14-8-9-18-11-14/h4-9,11-13,17H,10H2,1-3H3. The third kappa shape index (κ3) is 3.78. The zero-order valence-corrected chi connectivity index (χ0v) is 11.7. The van der Waals surface area contributed by atoms with E-state index in [1.807, 2.05) is 30.3 Å². The van der Waals surface area contributed by atoms with E-state index < -0.39 is 0 Å². The number of furan rings is 1. The van der Waals surface area contributed by atoms with Gasteiger partial charge in [0.2, 0.25) is 0 Å². The molecule has 3 nitrogen and oxygen atoms in total. The summed E-state index contributed by atoms with van der Waals surface area (Å²) in [6.45, 7) is 7.11. The van der Waals surface area contributed by atoms with E-state index in [1.54, 1.807) is 12.5 Å². The third-order valence-corrected chi connectivity index (χ3v) is 2.87. The molecule has 1 aromatic carbocycles. The van der Waals surface area contributed by atoms with Crippen LogP contribution in [0.1, 0.15) is 32.4 Å². The summed E-state index contributed by atoms with van der Waals surface area (Å²) < 4.78 is 10.9. The molecule has 0 aliphatic carbocycles. The fourth-order valence-corrected chi connectivity index (χ4v) is 1.81. The van der Waals surface area contributed by atoms with Crippen LogP contribution in [0, 0.1) is 5.92 Å². The molecule has 1 heterocycles. The molecule has 1 aromatic heterocycles. The summed E-state index contributed by atoms with van der Waals surface area (Å²) in [4.78, 5) is 0. The van der Waals surface area contributed by atoms with Gasteiger partial charge in [0.05, 0.1) is 30.9 Å². The van der Waals surface area contributed by atoms with Crippen LogP contribution in [0.3, 0.4) is 0 Å². The van der Waals surface area contributed by atoms with Crippen LogP contribution < -0.4 is 10.1 Å². The first-order valence-electron chi connectivity index (χ1n) is 6.67. The number of ether oxygens (including phenoxy) is 1. The van der Waals surface area contributed by atoms with E-state index in [0.717, 1.165) is 23.6 Å². The normalized spacial score (nSPS) is 12.4. The molecule has 0 saturated carbocycles. The molecule has 0 bridgehead atoms. The first kappa shape index (κ1) is 13.5. The van der Waals surface area contributed by atoms with Crippen molar-refractivity contribution in [3.8, 4) is 5.75 Å². The van der Waals surface area contributed by atoms with Gasteiger partial charge in [0.15, 0.2) is 0 Å². The van der Waals surface area contributed by atoms with Gasteiger partial charge >= 0.3 is 0 Å². The van der Waals surface area contributed by atoms with Gasteiger partial charge in [-0.2, -0.15) is 0 Å². The number of benzene rings is 1. The van der Waals surface area contributed by atoms with E-state index >= 15 is 0 Å². The Bertz CT molecular complexity index is 491. The van der Waals surface area contributed by atoms with Gasteiger partial charge in [0.1, 0.15) is 5.75 Å². The number of rotatable bonds is 6. The first-order valence-corrected chi connectivity index (χ1v) is 6.67. The highest BCUT2D eigenvalue weighted by molar-refractivity contribution is 5.57. The number of nitrogens with one attached hydrogen (secondary N) is 1. The largest absolute Gasteiger partial charge is 0.491 e. The summed E-state index contributed by atoms with van der Waals surface area (Å²) in [5.41, 5.74) is 2.13. The van der Waals surface area contributed by atoms with Crippen molar-refractivity contribution in [2.75, 3.05) is 11.9 Å². The Balaban J connectivity index is 2.07. The van der Waals surface area contributed by atoms with Crippen LogP contribution in [0.2, 0.25) is 0 Å². The molecule has 0 fully saturated rings. The Kier molecular flexibility index (Phi) is 4.50. The van der Waals surface area contributed by atoms with Gasteiger partial charge in [-0.3, -0.25) is 0 Å². The van der Waals surface area contributed by atoms with Gasteiger partial charge in [-0.05, 0) is 31.0 Å². The maximum Gasteiger partial charge on any atom is 0.142 e. The van der Waals surface area contributed by atoms with Crippen molar-refractivity contribution < 1.29 is 9.15 Å². The van der Waals surface area contributed by atoms with E-state index in [4.69, 9.17) is 9.15 Å². The Morgan fingerprint density at radius 3 is 2.63 bits per heavy atom. The molecule has 2 aromatic rings. The fraction of sp³-hybridized carbons (Fsp3) is 0.375. The maximum absolute atomic E-state index is 5.83. The van der Waals surface area contributed by atoms with Crippen LogP contribution in [-0.4, -0.2) is 6.61 Å². The lowest BCUT2D eigenvalue weighted by Crippen LogP contribution is -2.09. The van der Waals surface area contributed by atoms with Gasteiger partial charge in [0, 0.05) is 5.56 Å². The van der Waals surface area contributed by atoms with Gasteiger partial charge in [0.25, 0.3) is 0 Å². The summed E-state index contributed by atoms with van der Waals surface area (Å²) in [7, 11) is 0. The molecule has 19 heavy (non-hydrogen) atoms. The van der Waals surface area contributed by atoms with Crippen LogP contribution in [0.15, 0.2) is 47.3 Å². The minimum absolute atomic E-state index is 0.183. The van der Waals surface area contributed by atoms with Crippen LogP contribution in [0.4, 0.5) is 5.69 Å². The van der Waals surface area contributed by atoms with Gasteiger partial charge in [-0.1, -0.05) is 26.0 Å². The molecule has 1 unspecified atom stereocenters. The smallest absolute Gasteiger partial charge is 0.142 e. The highest BCUT2D eigenvalue weighted by atomic mass is 16.5. The zero-order chi connectivity index (χ0) is 13.7. The molecule has 102 valence electrons. The summed E-state index contributed by atoms with van der Waals surface area (Å²) >= 11 is 0. The summed E-state index contributed by atoms with van der Waals surface area (Å²) in [5.74, 6) is 1.41. The molecule has 0 aliphatic rings. The molecule has 0 saturated heterocycles. The molecule has 1 atom stereocenters. The van der Waals surface area contributed by atoms with Crippen LogP contribution in [-0.2, 0) is 0 Å². The van der Waals surface area contributed by atoms with Gasteiger partial charge < -0.3 is 14.5 Å². The quantitative estimate of drug-likeness (QED) is 0.830. The Labute approximate surface area is 114 Å². The Morgan fingerprint density at radius 1 is 1.16 bits per heavy atom. The molecule has 2 rings (SSSR count). The lowest BCUT2D eigenvalue weighted by Gasteiger charge is -2.18. The minimum atomic E-state index is 0.183. The van der Waals surface area contributed by atoms with Gasteiger partial charge in [-0.15, -0.1) is 0 Å². The van der Waals surface area contributed by atoms with Crippen molar-refractivity contribution in [1.29, 1.82) is 0 Å². The van der Waals surface area contributed by atoms with Crippen molar-refractivity contribution in [2.24, 2.45) is 5.92 Å². The molecular formula is C16H21NO2. The van der Waals surface area contributed by atoms with E-state index in [-0.39, 0.29) is 6.04 Å². The van der Waals surface area contributed by atoms with Crippen LogP contribution >= 0.6 is 0 Å². The maximum atomic E-state index is 5.83.